The molecule has 0 aromatic heterocycles. The molecule has 53 heavy (non-hydrogen) atoms. The monoisotopic (exact) mass is 734 g/mol. The van der Waals surface area contributed by atoms with Crippen LogP contribution in [0.2, 0.25) is 0 Å². The number of aliphatic imine (C=N–C) groups is 1. The average Bonchev–Trinajstić information content (AvgIpc) is 3.64. The summed E-state index contributed by atoms with van der Waals surface area (Å²) in [5.74, 6) is 0.811. The first-order chi connectivity index (χ1) is 25.9. The van der Waals surface area contributed by atoms with Gasteiger partial charge in [0.2, 0.25) is 0 Å². The lowest BCUT2D eigenvalue weighted by Gasteiger charge is -2.26. The molecule has 0 spiro atoms. The molecule has 1 fully saturated rings. The lowest BCUT2D eigenvalue weighted by atomic mass is 9.77. The van der Waals surface area contributed by atoms with E-state index in [1.165, 1.54) is 96.3 Å². The number of nitrogens with one attached hydrogen (secondary N) is 1. The van der Waals surface area contributed by atoms with Gasteiger partial charge in [0, 0.05) is 49.9 Å². The van der Waals surface area contributed by atoms with Crippen LogP contribution in [0.25, 0.3) is 6.08 Å². The fraction of sp³-hybridized carbons (Fsp3) is 0.489. The van der Waals surface area contributed by atoms with Gasteiger partial charge in [0.25, 0.3) is 0 Å². The molecule has 1 aliphatic rings. The van der Waals surface area contributed by atoms with Gasteiger partial charge < -0.3 is 15.0 Å². The van der Waals surface area contributed by atoms with Crippen molar-refractivity contribution in [2.75, 3.05) is 51.0 Å². The molecule has 286 valence electrons. The number of hydrogen-bond acceptors (Lipinski definition) is 6. The van der Waals surface area contributed by atoms with Crippen LogP contribution in [0.5, 0.6) is 0 Å². The van der Waals surface area contributed by atoms with Crippen molar-refractivity contribution in [1.29, 1.82) is 0 Å². The highest BCUT2D eigenvalue weighted by Crippen LogP contribution is 2.32. The summed E-state index contributed by atoms with van der Waals surface area (Å²) in [5.41, 5.74) is 10.3. The molecule has 5 nitrogen and oxygen atoms in total. The fourth-order valence-corrected chi connectivity index (χ4v) is 7.74. The van der Waals surface area contributed by atoms with Gasteiger partial charge in [-0.3, -0.25) is 4.99 Å². The molecule has 0 aliphatic carbocycles. The standard InChI is InChI=1S/C47H66N4OS/c1-7-13-42-36-46(27-21-41(42)8-2)49-30-9-11-34-52-35-12-10-32-51-33-29-40(37-51)15-14-38-16-22-43(23-17-38)47(3,4)44-24-18-39(19-25-44)20-26-45(50-53-6)28-31-48-5/h8,16-19,21-25,27-28,31,36,40,49H,2,5,7,9-15,20,26,29-30,32-35,37H2,1,3-4,6H3/b31-28-,50-45-. The van der Waals surface area contributed by atoms with Crippen molar-refractivity contribution >= 4 is 36.1 Å². The first-order valence-corrected chi connectivity index (χ1v) is 21.2. The van der Waals surface area contributed by atoms with Crippen molar-refractivity contribution in [3.63, 3.8) is 0 Å². The van der Waals surface area contributed by atoms with Crippen molar-refractivity contribution in [2.24, 2.45) is 15.3 Å². The second-order valence-corrected chi connectivity index (χ2v) is 15.6. The molecule has 0 radical (unpaired) electrons. The van der Waals surface area contributed by atoms with Crippen LogP contribution in [0.4, 0.5) is 5.69 Å². The minimum absolute atomic E-state index is 0.0483. The van der Waals surface area contributed by atoms with Crippen LogP contribution in [0, 0.1) is 5.92 Å². The molecule has 3 aromatic carbocycles. The number of ether oxygens (including phenoxy) is 1. The Morgan fingerprint density at radius 2 is 1.64 bits per heavy atom. The average molecular weight is 735 g/mol. The van der Waals surface area contributed by atoms with E-state index >= 15 is 0 Å². The molecule has 1 N–H and O–H groups in total. The van der Waals surface area contributed by atoms with E-state index < -0.39 is 0 Å². The lowest BCUT2D eigenvalue weighted by molar-refractivity contribution is 0.124. The SMILES string of the molecule is C=Cc1ccc(NCCCCOCCCCN2CCC(CCc3ccc(C(C)(C)c4ccc(CCC(/C=C\N=C)=N/SC)cc4)cc3)C2)cc1CCC. The summed E-state index contributed by atoms with van der Waals surface area (Å²) < 4.78 is 10.5. The highest BCUT2D eigenvalue weighted by Gasteiger charge is 2.24. The van der Waals surface area contributed by atoms with Gasteiger partial charge in [-0.05, 0) is 153 Å². The van der Waals surface area contributed by atoms with Gasteiger partial charge in [0.1, 0.15) is 0 Å². The number of nitrogens with zero attached hydrogens (tertiary/aromatic N) is 3. The summed E-state index contributed by atoms with van der Waals surface area (Å²) in [6, 6.07) is 25.2. The zero-order valence-electron chi connectivity index (χ0n) is 33.3. The van der Waals surface area contributed by atoms with Crippen LogP contribution in [-0.4, -0.2) is 63.0 Å². The molecule has 0 saturated carbocycles. The largest absolute Gasteiger partial charge is 0.385 e. The lowest BCUT2D eigenvalue weighted by Crippen LogP contribution is -2.22. The molecule has 3 aromatic rings. The number of rotatable bonds is 25. The van der Waals surface area contributed by atoms with Crippen molar-refractivity contribution in [2.45, 2.75) is 96.8 Å². The van der Waals surface area contributed by atoms with Gasteiger partial charge in [-0.1, -0.05) is 94.4 Å². The maximum atomic E-state index is 5.97. The van der Waals surface area contributed by atoms with Crippen LogP contribution in [-0.2, 0) is 29.4 Å². The minimum atomic E-state index is -0.0483. The maximum Gasteiger partial charge on any atom is 0.0505 e. The van der Waals surface area contributed by atoms with Crippen molar-refractivity contribution in [3.05, 3.63) is 119 Å². The summed E-state index contributed by atoms with van der Waals surface area (Å²) in [7, 11) is 0. The Morgan fingerprint density at radius 1 is 0.943 bits per heavy atom. The molecule has 1 saturated heterocycles. The van der Waals surface area contributed by atoms with Crippen LogP contribution in [0.15, 0.2) is 95.0 Å². The van der Waals surface area contributed by atoms with Crippen LogP contribution in [0.1, 0.15) is 106 Å². The van der Waals surface area contributed by atoms with E-state index in [-0.39, 0.29) is 5.41 Å². The van der Waals surface area contributed by atoms with Crippen LogP contribution in [0.3, 0.4) is 0 Å². The molecule has 0 amide bonds. The summed E-state index contributed by atoms with van der Waals surface area (Å²) in [4.78, 5) is 6.50. The van der Waals surface area contributed by atoms with Crippen LogP contribution >= 0.6 is 11.9 Å². The third-order valence-corrected chi connectivity index (χ3v) is 11.2. The van der Waals surface area contributed by atoms with Crippen LogP contribution < -0.4 is 5.32 Å². The number of anilines is 1. The Hall–Kier alpha value is -3.45. The minimum Gasteiger partial charge on any atom is -0.385 e. The van der Waals surface area contributed by atoms with E-state index in [1.807, 2.05) is 18.4 Å². The Balaban J connectivity index is 1.06. The van der Waals surface area contributed by atoms with E-state index in [0.29, 0.717) is 0 Å². The highest BCUT2D eigenvalue weighted by atomic mass is 32.2. The number of aryl methyl sites for hydroxylation is 3. The van der Waals surface area contributed by atoms with Gasteiger partial charge in [0.05, 0.1) is 5.71 Å². The van der Waals surface area contributed by atoms with Crippen molar-refractivity contribution in [3.8, 4) is 0 Å². The van der Waals surface area contributed by atoms with Gasteiger partial charge in [0.15, 0.2) is 0 Å². The first kappa shape index (κ1) is 42.3. The van der Waals surface area contributed by atoms with Crippen molar-refractivity contribution < 1.29 is 4.74 Å². The van der Waals surface area contributed by atoms with E-state index in [2.05, 4.69) is 120 Å². The third kappa shape index (κ3) is 14.4. The molecule has 6 heteroatoms. The quantitative estimate of drug-likeness (QED) is 0.0535. The Kier molecular flexibility index (Phi) is 18.6. The second-order valence-electron chi connectivity index (χ2n) is 15.1. The van der Waals surface area contributed by atoms with Gasteiger partial charge in [-0.25, -0.2) is 4.40 Å². The molecule has 4 rings (SSSR count). The summed E-state index contributed by atoms with van der Waals surface area (Å²) >= 11 is 1.48. The fourth-order valence-electron chi connectivity index (χ4n) is 7.36. The number of unbranched alkanes of at least 4 members (excludes halogenated alkanes) is 2. The first-order valence-electron chi connectivity index (χ1n) is 20.1. The topological polar surface area (TPSA) is 49.2 Å². The Labute approximate surface area is 326 Å². The molecule has 1 unspecified atom stereocenters. The Bertz CT molecular complexity index is 1580. The van der Waals surface area contributed by atoms with E-state index in [0.717, 1.165) is 76.3 Å². The normalized spacial score (nSPS) is 15.3. The molecule has 1 aliphatic heterocycles. The van der Waals surface area contributed by atoms with E-state index in [4.69, 9.17) is 4.74 Å². The smallest absolute Gasteiger partial charge is 0.0505 e. The number of likely N-dealkylation sites (tertiary alicyclic amines) is 1. The van der Waals surface area contributed by atoms with E-state index in [9.17, 15) is 0 Å². The van der Waals surface area contributed by atoms with E-state index in [1.54, 1.807) is 6.20 Å². The molecule has 0 bridgehead atoms. The number of benzene rings is 3. The number of hydrogen-bond donors (Lipinski definition) is 1. The Morgan fingerprint density at radius 3 is 2.30 bits per heavy atom. The van der Waals surface area contributed by atoms with Gasteiger partial charge >= 0.3 is 0 Å². The predicted octanol–water partition coefficient (Wildman–Crippen LogP) is 11.4. The summed E-state index contributed by atoms with van der Waals surface area (Å²) in [6.45, 7) is 20.8. The molecule has 1 atom stereocenters. The molecule has 1 heterocycles. The zero-order valence-corrected chi connectivity index (χ0v) is 34.1. The summed E-state index contributed by atoms with van der Waals surface area (Å²) in [6.07, 6.45) is 20.1. The second kappa shape index (κ2) is 23.4. The molecular formula is C47H66N4OS. The number of allylic oxidation sites excluding steroid dienone is 1. The van der Waals surface area contributed by atoms with Gasteiger partial charge in [-0.2, -0.15) is 0 Å². The molecular weight excluding hydrogens is 669 g/mol. The van der Waals surface area contributed by atoms with Crippen molar-refractivity contribution in [1.82, 2.24) is 4.90 Å². The highest BCUT2D eigenvalue weighted by molar-refractivity contribution is 7.97. The van der Waals surface area contributed by atoms with Gasteiger partial charge in [-0.15, -0.1) is 0 Å². The zero-order chi connectivity index (χ0) is 37.7. The maximum absolute atomic E-state index is 5.97. The predicted molar refractivity (Wildman–Crippen MR) is 234 cm³/mol. The third-order valence-electron chi connectivity index (χ3n) is 10.8. The summed E-state index contributed by atoms with van der Waals surface area (Å²) in [5, 5.41) is 3.58.